The van der Waals surface area contributed by atoms with Gasteiger partial charge in [0.15, 0.2) is 0 Å². The first kappa shape index (κ1) is 26.4. The van der Waals surface area contributed by atoms with Gasteiger partial charge in [0, 0.05) is 69.4 Å². The minimum Gasteiger partial charge on any atom is -0.370 e. The second-order valence-electron chi connectivity index (χ2n) is 8.91. The van der Waals surface area contributed by atoms with E-state index in [4.69, 9.17) is 4.74 Å². The Bertz CT molecular complexity index is 1240. The van der Waals surface area contributed by atoms with Crippen molar-refractivity contribution >= 4 is 28.7 Å². The number of rotatable bonds is 8. The van der Waals surface area contributed by atoms with E-state index in [1.54, 1.807) is 25.1 Å². The Morgan fingerprint density at radius 1 is 1.16 bits per heavy atom. The molecule has 0 saturated carbocycles. The topological polar surface area (TPSA) is 92.6 Å². The van der Waals surface area contributed by atoms with Crippen LogP contribution < -0.4 is 10.2 Å². The molecular weight excluding hydrogens is 489 g/mol. The van der Waals surface area contributed by atoms with Crippen molar-refractivity contribution in [1.82, 2.24) is 24.8 Å². The van der Waals surface area contributed by atoms with Crippen LogP contribution in [-0.4, -0.2) is 77.7 Å². The van der Waals surface area contributed by atoms with Crippen LogP contribution in [0.5, 0.6) is 0 Å². The van der Waals surface area contributed by atoms with Gasteiger partial charge in [-0.2, -0.15) is 13.2 Å². The van der Waals surface area contributed by atoms with E-state index < -0.39 is 11.7 Å². The monoisotopic (exact) mass is 518 g/mol. The number of carbonyl (C=O) groups excluding carboxylic acids is 2. The summed E-state index contributed by atoms with van der Waals surface area (Å²) in [6.07, 6.45) is 0.329. The quantitative estimate of drug-likeness (QED) is 0.461. The third-order valence-electron chi connectivity index (χ3n) is 6.62. The average Bonchev–Trinajstić information content (AvgIpc) is 3.32. The Morgan fingerprint density at radius 3 is 2.51 bits per heavy atom. The Morgan fingerprint density at radius 2 is 1.86 bits per heavy atom. The van der Waals surface area contributed by atoms with Gasteiger partial charge in [-0.15, -0.1) is 0 Å². The highest BCUT2D eigenvalue weighted by Crippen LogP contribution is 2.29. The first-order chi connectivity index (χ1) is 17.7. The molecular formula is C25H29F3N6O3. The van der Waals surface area contributed by atoms with E-state index >= 15 is 0 Å². The van der Waals surface area contributed by atoms with E-state index in [9.17, 15) is 22.8 Å². The van der Waals surface area contributed by atoms with E-state index in [0.29, 0.717) is 44.6 Å². The first-order valence-corrected chi connectivity index (χ1v) is 12.0. The minimum atomic E-state index is -4.47. The fourth-order valence-corrected chi connectivity index (χ4v) is 4.38. The van der Waals surface area contributed by atoms with Gasteiger partial charge in [0.1, 0.15) is 6.61 Å². The van der Waals surface area contributed by atoms with Crippen LogP contribution in [0.3, 0.4) is 0 Å². The number of carbonyl (C=O) groups is 2. The number of piperidine rings is 1. The predicted molar refractivity (Wildman–Crippen MR) is 131 cm³/mol. The molecule has 198 valence electrons. The van der Waals surface area contributed by atoms with Crippen molar-refractivity contribution in [1.29, 1.82) is 0 Å². The molecule has 3 aromatic rings. The number of nitrogens with one attached hydrogen (secondary N) is 1. The summed E-state index contributed by atoms with van der Waals surface area (Å²) in [6, 6.07) is 7.46. The lowest BCUT2D eigenvalue weighted by Crippen LogP contribution is -2.47. The lowest BCUT2D eigenvalue weighted by Gasteiger charge is -2.36. The first-order valence-electron chi connectivity index (χ1n) is 12.0. The zero-order valence-corrected chi connectivity index (χ0v) is 20.7. The van der Waals surface area contributed by atoms with Crippen molar-refractivity contribution in [3.05, 3.63) is 54.0 Å². The van der Waals surface area contributed by atoms with Gasteiger partial charge in [0.2, 0.25) is 11.9 Å². The van der Waals surface area contributed by atoms with Crippen molar-refractivity contribution in [2.75, 3.05) is 45.3 Å². The highest BCUT2D eigenvalue weighted by atomic mass is 19.4. The van der Waals surface area contributed by atoms with E-state index in [0.717, 1.165) is 23.3 Å². The SMILES string of the molecule is CNC(=O)c1ccc2ccn(CCOCC(=O)N(C)C3CCN(c4ncc(C(F)(F)F)cn4)CC3)c2c1. The van der Waals surface area contributed by atoms with E-state index in [1.165, 1.54) is 0 Å². The molecule has 37 heavy (non-hydrogen) atoms. The molecule has 9 nitrogen and oxygen atoms in total. The van der Waals surface area contributed by atoms with E-state index in [2.05, 4.69) is 15.3 Å². The molecule has 0 aliphatic carbocycles. The third kappa shape index (κ3) is 6.19. The van der Waals surface area contributed by atoms with Gasteiger partial charge in [0.05, 0.1) is 12.2 Å². The van der Waals surface area contributed by atoms with Crippen LogP contribution in [0.1, 0.15) is 28.8 Å². The number of amides is 2. The number of fused-ring (bicyclic) bond motifs is 1. The summed E-state index contributed by atoms with van der Waals surface area (Å²) in [4.78, 5) is 35.8. The maximum absolute atomic E-state index is 12.7. The molecule has 1 saturated heterocycles. The Kier molecular flexibility index (Phi) is 7.96. The van der Waals surface area contributed by atoms with E-state index in [1.807, 2.05) is 33.9 Å². The summed E-state index contributed by atoms with van der Waals surface area (Å²) in [7, 11) is 3.32. The predicted octanol–water partition coefficient (Wildman–Crippen LogP) is 2.95. The summed E-state index contributed by atoms with van der Waals surface area (Å²) in [5.41, 5.74) is 0.607. The fourth-order valence-electron chi connectivity index (χ4n) is 4.38. The van der Waals surface area contributed by atoms with E-state index in [-0.39, 0.29) is 30.4 Å². The van der Waals surface area contributed by atoms with Gasteiger partial charge in [-0.05, 0) is 36.4 Å². The third-order valence-corrected chi connectivity index (χ3v) is 6.62. The zero-order chi connectivity index (χ0) is 26.6. The summed E-state index contributed by atoms with van der Waals surface area (Å²) in [5, 5.41) is 3.63. The van der Waals surface area contributed by atoms with Gasteiger partial charge in [-0.3, -0.25) is 9.59 Å². The molecule has 0 unspecified atom stereocenters. The number of likely N-dealkylation sites (N-methyl/N-ethyl adjacent to an activating group) is 1. The highest BCUT2D eigenvalue weighted by molar-refractivity contribution is 5.97. The van der Waals surface area contributed by atoms with Gasteiger partial charge in [0.25, 0.3) is 5.91 Å². The molecule has 1 aromatic carbocycles. The molecule has 1 fully saturated rings. The minimum absolute atomic E-state index is 0.00155. The number of aromatic nitrogens is 3. The lowest BCUT2D eigenvalue weighted by molar-refractivity contribution is -0.138. The summed E-state index contributed by atoms with van der Waals surface area (Å²) < 4.78 is 45.8. The molecule has 0 atom stereocenters. The van der Waals surface area contributed by atoms with Crippen molar-refractivity contribution in [3.63, 3.8) is 0 Å². The Hall–Kier alpha value is -3.67. The maximum atomic E-state index is 12.7. The van der Waals surface area contributed by atoms with Crippen LogP contribution in [-0.2, 0) is 22.3 Å². The van der Waals surface area contributed by atoms with Crippen LogP contribution in [0.15, 0.2) is 42.9 Å². The number of benzene rings is 1. The number of hydrogen-bond acceptors (Lipinski definition) is 6. The van der Waals surface area contributed by atoms with Gasteiger partial charge in [-0.1, -0.05) is 6.07 Å². The summed E-state index contributed by atoms with van der Waals surface area (Å²) >= 11 is 0. The Balaban J connectivity index is 1.22. The smallest absolute Gasteiger partial charge is 0.370 e. The second kappa shape index (κ2) is 11.2. The Labute approximate surface area is 212 Å². The maximum Gasteiger partial charge on any atom is 0.419 e. The van der Waals surface area contributed by atoms with Gasteiger partial charge in [-0.25, -0.2) is 9.97 Å². The lowest BCUT2D eigenvalue weighted by atomic mass is 10.0. The molecule has 0 bridgehead atoms. The molecule has 0 spiro atoms. The number of nitrogens with zero attached hydrogens (tertiary/aromatic N) is 5. The summed E-state index contributed by atoms with van der Waals surface area (Å²) in [5.74, 6) is -0.0375. The van der Waals surface area contributed by atoms with Crippen LogP contribution in [0.25, 0.3) is 10.9 Å². The second-order valence-corrected chi connectivity index (χ2v) is 8.91. The van der Waals surface area contributed by atoms with Crippen molar-refractivity contribution in [2.24, 2.45) is 0 Å². The molecule has 2 amide bonds. The fraction of sp³-hybridized carbons (Fsp3) is 0.440. The van der Waals surface area contributed by atoms with Crippen molar-refractivity contribution in [3.8, 4) is 0 Å². The van der Waals surface area contributed by atoms with Crippen LogP contribution >= 0.6 is 0 Å². The van der Waals surface area contributed by atoms with Crippen LogP contribution in [0, 0.1) is 0 Å². The average molecular weight is 519 g/mol. The molecule has 2 aromatic heterocycles. The molecule has 12 heteroatoms. The molecule has 0 radical (unpaired) electrons. The van der Waals surface area contributed by atoms with Crippen molar-refractivity contribution in [2.45, 2.75) is 31.6 Å². The molecule has 4 rings (SSSR count). The van der Waals surface area contributed by atoms with Crippen LogP contribution in [0.2, 0.25) is 0 Å². The number of alkyl halides is 3. The van der Waals surface area contributed by atoms with Gasteiger partial charge < -0.3 is 24.4 Å². The number of anilines is 1. The number of ether oxygens (including phenoxy) is 1. The van der Waals surface area contributed by atoms with Gasteiger partial charge >= 0.3 is 6.18 Å². The highest BCUT2D eigenvalue weighted by Gasteiger charge is 2.32. The van der Waals surface area contributed by atoms with Crippen LogP contribution in [0.4, 0.5) is 19.1 Å². The zero-order valence-electron chi connectivity index (χ0n) is 20.7. The molecule has 1 aliphatic rings. The molecule has 1 aliphatic heterocycles. The summed E-state index contributed by atoms with van der Waals surface area (Å²) in [6.45, 7) is 1.88. The number of hydrogen-bond donors (Lipinski definition) is 1. The normalized spacial score (nSPS) is 14.7. The number of halogens is 3. The largest absolute Gasteiger partial charge is 0.419 e. The standard InChI is InChI=1S/C25H29F3N6O3/c1-29-23(36)18-4-3-17-5-8-33(21(17)13-18)11-12-37-16-22(35)32(2)20-6-9-34(10-7-20)24-30-14-19(15-31-24)25(26,27)28/h3-5,8,13-15,20H,6-7,9-12,16H2,1-2H3,(H,29,36). The van der Waals surface area contributed by atoms with Crippen molar-refractivity contribution < 1.29 is 27.5 Å². The molecule has 3 heterocycles. The molecule has 1 N–H and O–H groups in total.